The highest BCUT2D eigenvalue weighted by Crippen LogP contribution is 2.11. The lowest BCUT2D eigenvalue weighted by atomic mass is 10.2. The summed E-state index contributed by atoms with van der Waals surface area (Å²) in [6.45, 7) is 1.97. The number of amides is 1. The number of benzene rings is 1. The first-order valence-corrected chi connectivity index (χ1v) is 7.33. The van der Waals surface area contributed by atoms with Gasteiger partial charge in [-0.1, -0.05) is 30.3 Å². The summed E-state index contributed by atoms with van der Waals surface area (Å²) < 4.78 is 10.1. The summed E-state index contributed by atoms with van der Waals surface area (Å²) >= 11 is 0. The van der Waals surface area contributed by atoms with E-state index in [-0.39, 0.29) is 12.5 Å². The number of rotatable bonds is 9. The molecule has 0 N–H and O–H groups in total. The van der Waals surface area contributed by atoms with Crippen LogP contribution in [0.4, 0.5) is 0 Å². The quantitative estimate of drug-likeness (QED) is 0.668. The minimum absolute atomic E-state index is 0.0350. The summed E-state index contributed by atoms with van der Waals surface area (Å²) in [5, 5.41) is 12.2. The average Bonchev–Trinajstić information content (AvgIpc) is 3.04. The SMILES string of the molecule is COCCN(CCOC)C(=O)Cn1nnc(-c2ccccc2)n1. The molecule has 2 rings (SSSR count). The Balaban J connectivity index is 1.99. The zero-order valence-corrected chi connectivity index (χ0v) is 13.4. The van der Waals surface area contributed by atoms with Gasteiger partial charge in [-0.2, -0.15) is 4.80 Å². The second-order valence-corrected chi connectivity index (χ2v) is 4.88. The molecular weight excluding hydrogens is 298 g/mol. The Morgan fingerprint density at radius 3 is 2.39 bits per heavy atom. The molecule has 1 aromatic carbocycles. The molecule has 8 nitrogen and oxygen atoms in total. The van der Waals surface area contributed by atoms with E-state index in [1.54, 1.807) is 19.1 Å². The fourth-order valence-corrected chi connectivity index (χ4v) is 2.00. The monoisotopic (exact) mass is 319 g/mol. The van der Waals surface area contributed by atoms with Crippen molar-refractivity contribution in [1.29, 1.82) is 0 Å². The van der Waals surface area contributed by atoms with Crippen LogP contribution in [0.3, 0.4) is 0 Å². The van der Waals surface area contributed by atoms with E-state index < -0.39 is 0 Å². The molecular formula is C15H21N5O3. The second-order valence-electron chi connectivity index (χ2n) is 4.88. The van der Waals surface area contributed by atoms with Crippen molar-refractivity contribution in [1.82, 2.24) is 25.1 Å². The van der Waals surface area contributed by atoms with Gasteiger partial charge in [-0.15, -0.1) is 10.2 Å². The first-order valence-electron chi connectivity index (χ1n) is 7.33. The highest BCUT2D eigenvalue weighted by atomic mass is 16.5. The number of aromatic nitrogens is 4. The van der Waals surface area contributed by atoms with Crippen LogP contribution in [0.15, 0.2) is 30.3 Å². The molecule has 0 aliphatic carbocycles. The Morgan fingerprint density at radius 1 is 1.13 bits per heavy atom. The van der Waals surface area contributed by atoms with Crippen LogP contribution in [0.1, 0.15) is 0 Å². The molecule has 23 heavy (non-hydrogen) atoms. The Bertz CT molecular complexity index is 594. The van der Waals surface area contributed by atoms with Crippen LogP contribution in [0.5, 0.6) is 0 Å². The average molecular weight is 319 g/mol. The van der Waals surface area contributed by atoms with Gasteiger partial charge in [0.05, 0.1) is 13.2 Å². The fraction of sp³-hybridized carbons (Fsp3) is 0.467. The predicted octanol–water partition coefficient (Wildman–Crippen LogP) is 0.462. The lowest BCUT2D eigenvalue weighted by Crippen LogP contribution is -2.39. The van der Waals surface area contributed by atoms with E-state index in [0.29, 0.717) is 32.1 Å². The van der Waals surface area contributed by atoms with Gasteiger partial charge in [-0.25, -0.2) is 0 Å². The van der Waals surface area contributed by atoms with Gasteiger partial charge in [-0.05, 0) is 5.21 Å². The minimum atomic E-state index is -0.101. The number of hydrogen-bond donors (Lipinski definition) is 0. The molecule has 0 bridgehead atoms. The molecule has 0 spiro atoms. The van der Waals surface area contributed by atoms with Gasteiger partial charge in [-0.3, -0.25) is 4.79 Å². The zero-order valence-electron chi connectivity index (χ0n) is 13.4. The smallest absolute Gasteiger partial charge is 0.246 e. The standard InChI is InChI=1S/C15H21N5O3/c1-22-10-8-19(9-11-23-2)14(21)12-20-17-15(16-18-20)13-6-4-3-5-7-13/h3-7H,8-12H2,1-2H3. The van der Waals surface area contributed by atoms with Crippen molar-refractivity contribution < 1.29 is 14.3 Å². The zero-order chi connectivity index (χ0) is 16.5. The summed E-state index contributed by atoms with van der Waals surface area (Å²) in [4.78, 5) is 15.3. The Morgan fingerprint density at radius 2 is 1.78 bits per heavy atom. The number of carbonyl (C=O) groups excluding carboxylic acids is 1. The maximum atomic E-state index is 12.4. The molecule has 1 amide bonds. The van der Waals surface area contributed by atoms with Crippen molar-refractivity contribution in [2.24, 2.45) is 0 Å². The minimum Gasteiger partial charge on any atom is -0.383 e. The lowest BCUT2D eigenvalue weighted by molar-refractivity contribution is -0.133. The Labute approximate surface area is 135 Å². The van der Waals surface area contributed by atoms with Gasteiger partial charge < -0.3 is 14.4 Å². The summed E-state index contributed by atoms with van der Waals surface area (Å²) in [6.07, 6.45) is 0. The van der Waals surface area contributed by atoms with Crippen LogP contribution >= 0.6 is 0 Å². The number of nitrogens with zero attached hydrogens (tertiary/aromatic N) is 5. The third kappa shape index (κ3) is 5.11. The summed E-state index contributed by atoms with van der Waals surface area (Å²) in [5.41, 5.74) is 0.863. The molecule has 8 heteroatoms. The Hall–Kier alpha value is -2.32. The second kappa shape index (κ2) is 8.96. The largest absolute Gasteiger partial charge is 0.383 e. The van der Waals surface area contributed by atoms with Crippen molar-refractivity contribution in [3.8, 4) is 11.4 Å². The van der Waals surface area contributed by atoms with Crippen LogP contribution in [0, 0.1) is 0 Å². The number of ether oxygens (including phenoxy) is 2. The van der Waals surface area contributed by atoms with Crippen molar-refractivity contribution >= 4 is 5.91 Å². The third-order valence-electron chi connectivity index (χ3n) is 3.24. The molecule has 2 aromatic rings. The van der Waals surface area contributed by atoms with Gasteiger partial charge in [0, 0.05) is 32.9 Å². The van der Waals surface area contributed by atoms with Crippen molar-refractivity contribution in [2.75, 3.05) is 40.5 Å². The van der Waals surface area contributed by atoms with Gasteiger partial charge in [0.1, 0.15) is 6.54 Å². The molecule has 0 saturated heterocycles. The number of tetrazole rings is 1. The van der Waals surface area contributed by atoms with Gasteiger partial charge in [0.25, 0.3) is 0 Å². The highest BCUT2D eigenvalue weighted by Gasteiger charge is 2.15. The molecule has 0 aliphatic heterocycles. The van der Waals surface area contributed by atoms with Crippen LogP contribution in [-0.4, -0.2) is 71.5 Å². The van der Waals surface area contributed by atoms with Crippen molar-refractivity contribution in [2.45, 2.75) is 6.54 Å². The van der Waals surface area contributed by atoms with E-state index in [1.165, 1.54) is 4.80 Å². The first kappa shape index (κ1) is 17.0. The lowest BCUT2D eigenvalue weighted by Gasteiger charge is -2.21. The summed E-state index contributed by atoms with van der Waals surface area (Å²) in [5.74, 6) is 0.398. The van der Waals surface area contributed by atoms with Crippen molar-refractivity contribution in [3.63, 3.8) is 0 Å². The maximum Gasteiger partial charge on any atom is 0.246 e. The van der Waals surface area contributed by atoms with E-state index in [4.69, 9.17) is 9.47 Å². The molecule has 1 aromatic heterocycles. The van der Waals surface area contributed by atoms with Gasteiger partial charge in [0.2, 0.25) is 11.7 Å². The first-order chi connectivity index (χ1) is 11.2. The molecule has 0 atom stereocenters. The fourth-order valence-electron chi connectivity index (χ4n) is 2.00. The Kier molecular flexibility index (Phi) is 6.64. The van der Waals surface area contributed by atoms with Crippen molar-refractivity contribution in [3.05, 3.63) is 30.3 Å². The van der Waals surface area contributed by atoms with E-state index in [0.717, 1.165) is 5.56 Å². The summed E-state index contributed by atoms with van der Waals surface area (Å²) in [7, 11) is 3.20. The van der Waals surface area contributed by atoms with E-state index >= 15 is 0 Å². The third-order valence-corrected chi connectivity index (χ3v) is 3.24. The van der Waals surface area contributed by atoms with E-state index in [1.807, 2.05) is 30.3 Å². The van der Waals surface area contributed by atoms with Crippen LogP contribution in [-0.2, 0) is 20.8 Å². The molecule has 0 saturated carbocycles. The number of hydrogen-bond acceptors (Lipinski definition) is 6. The molecule has 1 heterocycles. The molecule has 124 valence electrons. The van der Waals surface area contributed by atoms with Crippen LogP contribution < -0.4 is 0 Å². The molecule has 0 unspecified atom stereocenters. The highest BCUT2D eigenvalue weighted by molar-refractivity contribution is 5.75. The topological polar surface area (TPSA) is 82.4 Å². The number of methoxy groups -OCH3 is 2. The van der Waals surface area contributed by atoms with E-state index in [2.05, 4.69) is 15.4 Å². The van der Waals surface area contributed by atoms with Crippen LogP contribution in [0.2, 0.25) is 0 Å². The normalized spacial score (nSPS) is 10.7. The molecule has 0 aliphatic rings. The number of carbonyl (C=O) groups is 1. The van der Waals surface area contributed by atoms with Gasteiger partial charge >= 0.3 is 0 Å². The molecule has 0 fully saturated rings. The molecule has 0 radical (unpaired) electrons. The van der Waals surface area contributed by atoms with Gasteiger partial charge in [0.15, 0.2) is 0 Å². The maximum absolute atomic E-state index is 12.4. The van der Waals surface area contributed by atoms with Crippen LogP contribution in [0.25, 0.3) is 11.4 Å². The summed E-state index contributed by atoms with van der Waals surface area (Å²) in [6, 6.07) is 9.51. The van der Waals surface area contributed by atoms with E-state index in [9.17, 15) is 4.79 Å². The predicted molar refractivity (Wildman–Crippen MR) is 83.6 cm³/mol.